The molecule has 1 N–H and O–H groups in total. The van der Waals surface area contributed by atoms with E-state index in [2.05, 4.69) is 82.8 Å². The molecule has 6 heteroatoms. The van der Waals surface area contributed by atoms with E-state index in [-0.39, 0.29) is 12.1 Å². The largest absolute Gasteiger partial charge is 0.351 e. The summed E-state index contributed by atoms with van der Waals surface area (Å²) in [4.78, 5) is 11.5. The van der Waals surface area contributed by atoms with Gasteiger partial charge in [-0.2, -0.15) is 0 Å². The quantitative estimate of drug-likeness (QED) is 0.403. The average Bonchev–Trinajstić information content (AvgIpc) is 3.29. The summed E-state index contributed by atoms with van der Waals surface area (Å²) in [5.74, 6) is 0.916. The maximum Gasteiger partial charge on any atom is 0.174 e. The third-order valence-corrected chi connectivity index (χ3v) is 6.56. The van der Waals surface area contributed by atoms with Gasteiger partial charge in [0.15, 0.2) is 5.11 Å². The van der Waals surface area contributed by atoms with E-state index in [9.17, 15) is 0 Å². The van der Waals surface area contributed by atoms with Gasteiger partial charge in [0.1, 0.15) is 5.82 Å². The Hall–Kier alpha value is -3.51. The first-order valence-corrected chi connectivity index (χ1v) is 11.5. The van der Waals surface area contributed by atoms with Crippen LogP contribution in [-0.2, 0) is 0 Å². The predicted octanol–water partition coefficient (Wildman–Crippen LogP) is 5.68. The third-order valence-electron chi connectivity index (χ3n) is 6.25. The second-order valence-corrected chi connectivity index (χ2v) is 9.08. The van der Waals surface area contributed by atoms with Gasteiger partial charge < -0.3 is 14.8 Å². The molecule has 0 spiro atoms. The van der Waals surface area contributed by atoms with Gasteiger partial charge in [-0.15, -0.1) is 0 Å². The van der Waals surface area contributed by atoms with Crippen LogP contribution in [0.2, 0.25) is 0 Å². The number of pyridine rings is 2. The highest BCUT2D eigenvalue weighted by Crippen LogP contribution is 2.44. The number of hydrogen-bond donors (Lipinski definition) is 1. The van der Waals surface area contributed by atoms with Gasteiger partial charge >= 0.3 is 0 Å². The van der Waals surface area contributed by atoms with E-state index in [1.807, 2.05) is 42.7 Å². The van der Waals surface area contributed by atoms with Gasteiger partial charge in [0, 0.05) is 29.5 Å². The third kappa shape index (κ3) is 3.80. The Bertz CT molecular complexity index is 1290. The van der Waals surface area contributed by atoms with Crippen molar-refractivity contribution in [1.29, 1.82) is 0 Å². The fraction of sp³-hybridized carbons (Fsp3) is 0.222. The van der Waals surface area contributed by atoms with E-state index in [4.69, 9.17) is 12.2 Å². The van der Waals surface area contributed by atoms with E-state index >= 15 is 0 Å². The molecule has 2 atom stereocenters. The zero-order chi connectivity index (χ0) is 23.1. The highest BCUT2D eigenvalue weighted by atomic mass is 32.1. The Balaban J connectivity index is 1.70. The molecule has 33 heavy (non-hydrogen) atoms. The maximum absolute atomic E-state index is 5.91. The van der Waals surface area contributed by atoms with Gasteiger partial charge in [-0.3, -0.25) is 4.98 Å². The number of hydrogen-bond acceptors (Lipinski definition) is 3. The molecule has 0 bridgehead atoms. The summed E-state index contributed by atoms with van der Waals surface area (Å²) in [6, 6.07) is 20.8. The van der Waals surface area contributed by atoms with E-state index in [0.29, 0.717) is 5.11 Å². The van der Waals surface area contributed by atoms with Crippen LogP contribution in [0, 0.1) is 27.7 Å². The van der Waals surface area contributed by atoms with Crippen LogP contribution in [0.1, 0.15) is 45.9 Å². The van der Waals surface area contributed by atoms with E-state index in [0.717, 1.165) is 28.6 Å². The highest BCUT2D eigenvalue weighted by Gasteiger charge is 2.42. The summed E-state index contributed by atoms with van der Waals surface area (Å²) in [7, 11) is 0. The second-order valence-electron chi connectivity index (χ2n) is 8.69. The van der Waals surface area contributed by atoms with Crippen molar-refractivity contribution in [2.24, 2.45) is 0 Å². The minimum atomic E-state index is -0.0720. The Morgan fingerprint density at radius 2 is 1.55 bits per heavy atom. The number of aryl methyl sites for hydroxylation is 3. The first kappa shape index (κ1) is 21.3. The van der Waals surface area contributed by atoms with Crippen LogP contribution in [0.3, 0.4) is 0 Å². The molecule has 3 aromatic heterocycles. The van der Waals surface area contributed by atoms with Crippen LogP contribution >= 0.6 is 12.2 Å². The Morgan fingerprint density at radius 1 is 0.848 bits per heavy atom. The van der Waals surface area contributed by atoms with Crippen molar-refractivity contribution >= 4 is 23.0 Å². The summed E-state index contributed by atoms with van der Waals surface area (Å²) in [5.41, 5.74) is 7.99. The zero-order valence-electron chi connectivity index (χ0n) is 19.3. The van der Waals surface area contributed by atoms with Gasteiger partial charge in [0.2, 0.25) is 0 Å². The Labute approximate surface area is 200 Å². The molecule has 0 radical (unpaired) electrons. The molecule has 4 heterocycles. The number of nitrogens with zero attached hydrogens (tertiary/aromatic N) is 4. The van der Waals surface area contributed by atoms with E-state index < -0.39 is 0 Å². The van der Waals surface area contributed by atoms with Gasteiger partial charge in [0.25, 0.3) is 0 Å². The summed E-state index contributed by atoms with van der Waals surface area (Å²) in [6.45, 7) is 8.54. The molecule has 0 aliphatic carbocycles. The van der Waals surface area contributed by atoms with Gasteiger partial charge in [-0.25, -0.2) is 4.98 Å². The number of rotatable bonds is 4. The van der Waals surface area contributed by atoms with E-state index in [1.54, 1.807) is 0 Å². The summed E-state index contributed by atoms with van der Waals surface area (Å²) >= 11 is 5.91. The van der Waals surface area contributed by atoms with Crippen molar-refractivity contribution < 1.29 is 0 Å². The zero-order valence-corrected chi connectivity index (χ0v) is 20.1. The molecule has 166 valence electrons. The summed E-state index contributed by atoms with van der Waals surface area (Å²) in [6.07, 6.45) is 3.67. The summed E-state index contributed by atoms with van der Waals surface area (Å²) in [5, 5.41) is 4.28. The molecule has 0 amide bonds. The average molecular weight is 454 g/mol. The fourth-order valence-electron chi connectivity index (χ4n) is 4.96. The van der Waals surface area contributed by atoms with Crippen LogP contribution < -0.4 is 10.2 Å². The highest BCUT2D eigenvalue weighted by molar-refractivity contribution is 7.80. The minimum Gasteiger partial charge on any atom is -0.351 e. The lowest BCUT2D eigenvalue weighted by Gasteiger charge is -2.28. The lowest BCUT2D eigenvalue weighted by Crippen LogP contribution is -2.29. The number of nitrogens with one attached hydrogen (secondary N) is 1. The van der Waals surface area contributed by atoms with Crippen molar-refractivity contribution in [2.45, 2.75) is 39.8 Å². The standard InChI is InChI=1S/C27H27N5S/c1-17-13-18(2)15-21(14-17)32-26(25(30-27(32)33)23-9-5-7-11-28-23)22-16-19(3)31(20(22)4)24-10-6-8-12-29-24/h5-16,25-26H,1-4H3,(H,30,33)/t25-,26-/m0/s1. The topological polar surface area (TPSA) is 46.0 Å². The molecule has 1 fully saturated rings. The second kappa shape index (κ2) is 8.45. The molecule has 0 saturated carbocycles. The van der Waals surface area contributed by atoms with Crippen LogP contribution in [-0.4, -0.2) is 19.6 Å². The van der Waals surface area contributed by atoms with Crippen LogP contribution in [0.25, 0.3) is 5.82 Å². The number of benzene rings is 1. The number of aromatic nitrogens is 3. The predicted molar refractivity (Wildman–Crippen MR) is 137 cm³/mol. The van der Waals surface area contributed by atoms with Crippen molar-refractivity contribution in [2.75, 3.05) is 4.90 Å². The minimum absolute atomic E-state index is 0.0442. The van der Waals surface area contributed by atoms with Crippen LogP contribution in [0.15, 0.2) is 73.1 Å². The molecule has 4 aromatic rings. The van der Waals surface area contributed by atoms with Crippen LogP contribution in [0.5, 0.6) is 0 Å². The smallest absolute Gasteiger partial charge is 0.174 e. The lowest BCUT2D eigenvalue weighted by atomic mass is 9.96. The van der Waals surface area contributed by atoms with Gasteiger partial charge in [0.05, 0.1) is 17.8 Å². The Morgan fingerprint density at radius 3 is 2.18 bits per heavy atom. The van der Waals surface area contributed by atoms with Gasteiger partial charge in [-0.05, 0) is 99.1 Å². The molecule has 1 aliphatic heterocycles. The first-order chi connectivity index (χ1) is 15.9. The SMILES string of the molecule is Cc1cc(C)cc(N2C(=S)N[C@@H](c3ccccn3)[C@@H]2c2cc(C)n(-c3ccccn3)c2C)c1. The van der Waals surface area contributed by atoms with E-state index in [1.165, 1.54) is 16.7 Å². The van der Waals surface area contributed by atoms with Crippen molar-refractivity contribution in [1.82, 2.24) is 19.9 Å². The number of anilines is 1. The van der Waals surface area contributed by atoms with Crippen molar-refractivity contribution in [3.8, 4) is 5.82 Å². The first-order valence-electron chi connectivity index (χ1n) is 11.1. The lowest BCUT2D eigenvalue weighted by molar-refractivity contribution is 0.565. The molecule has 5 rings (SSSR count). The van der Waals surface area contributed by atoms with Crippen LogP contribution in [0.4, 0.5) is 5.69 Å². The molecule has 5 nitrogen and oxygen atoms in total. The molecule has 0 unspecified atom stereocenters. The molecular formula is C27H27N5S. The van der Waals surface area contributed by atoms with Crippen molar-refractivity contribution in [3.63, 3.8) is 0 Å². The normalized spacial score (nSPS) is 17.9. The number of thiocarbonyl (C=S) groups is 1. The molecule has 1 saturated heterocycles. The Kier molecular flexibility index (Phi) is 5.46. The fourth-order valence-corrected chi connectivity index (χ4v) is 5.31. The monoisotopic (exact) mass is 453 g/mol. The molecule has 1 aromatic carbocycles. The summed E-state index contributed by atoms with van der Waals surface area (Å²) < 4.78 is 2.21. The molecular weight excluding hydrogens is 426 g/mol. The van der Waals surface area contributed by atoms with Gasteiger partial charge in [-0.1, -0.05) is 18.2 Å². The molecule has 1 aliphatic rings. The maximum atomic E-state index is 5.91. The van der Waals surface area contributed by atoms with Crippen molar-refractivity contribution in [3.05, 3.63) is 107 Å².